The van der Waals surface area contributed by atoms with Crippen molar-refractivity contribution >= 4 is 11.6 Å². The van der Waals surface area contributed by atoms with E-state index >= 15 is 0 Å². The highest BCUT2D eigenvalue weighted by atomic mass is 16.2. The zero-order chi connectivity index (χ0) is 17.1. The van der Waals surface area contributed by atoms with Crippen LogP contribution < -0.4 is 10.9 Å². The molecular weight excluding hydrogens is 308 g/mol. The standard InChI is InChI=1S/C16H20N6O2/c1-3-13-17-6-8-21(13)7-4-5-18-15(23)12-10-19-14-9-11(2)20-22(14)16(12)24/h6,8-10,20H,3-5,7H2,1-2H3,(H,18,23). The molecule has 0 spiro atoms. The van der Waals surface area contributed by atoms with E-state index in [0.29, 0.717) is 12.2 Å². The molecule has 24 heavy (non-hydrogen) atoms. The lowest BCUT2D eigenvalue weighted by atomic mass is 10.3. The fraction of sp³-hybridized carbons (Fsp3) is 0.375. The van der Waals surface area contributed by atoms with Crippen LogP contribution in [0.4, 0.5) is 0 Å². The van der Waals surface area contributed by atoms with Crippen LogP contribution in [-0.4, -0.2) is 36.6 Å². The number of H-pyrrole nitrogens is 1. The van der Waals surface area contributed by atoms with Crippen LogP contribution >= 0.6 is 0 Å². The number of nitrogens with zero attached hydrogens (tertiary/aromatic N) is 4. The molecule has 0 saturated carbocycles. The summed E-state index contributed by atoms with van der Waals surface area (Å²) in [6.45, 7) is 5.13. The number of amides is 1. The van der Waals surface area contributed by atoms with E-state index in [-0.39, 0.29) is 5.56 Å². The molecular formula is C16H20N6O2. The van der Waals surface area contributed by atoms with Crippen molar-refractivity contribution in [2.45, 2.75) is 33.2 Å². The molecule has 3 aromatic rings. The molecule has 0 aliphatic heterocycles. The molecule has 0 radical (unpaired) electrons. The quantitative estimate of drug-likeness (QED) is 0.657. The van der Waals surface area contributed by atoms with Gasteiger partial charge in [-0.3, -0.25) is 14.7 Å². The van der Waals surface area contributed by atoms with E-state index in [9.17, 15) is 9.59 Å². The molecule has 2 N–H and O–H groups in total. The average molecular weight is 328 g/mol. The first-order chi connectivity index (χ1) is 11.6. The molecule has 0 saturated heterocycles. The van der Waals surface area contributed by atoms with Crippen molar-refractivity contribution in [2.75, 3.05) is 6.54 Å². The number of nitrogens with one attached hydrogen (secondary N) is 2. The van der Waals surface area contributed by atoms with Crippen molar-refractivity contribution in [3.8, 4) is 0 Å². The lowest BCUT2D eigenvalue weighted by Crippen LogP contribution is -2.32. The zero-order valence-corrected chi connectivity index (χ0v) is 13.7. The number of aryl methyl sites for hydroxylation is 3. The average Bonchev–Trinajstić information content (AvgIpc) is 3.17. The Morgan fingerprint density at radius 2 is 2.21 bits per heavy atom. The lowest BCUT2D eigenvalue weighted by molar-refractivity contribution is 0.0950. The molecule has 0 aromatic carbocycles. The molecule has 8 heteroatoms. The summed E-state index contributed by atoms with van der Waals surface area (Å²) in [7, 11) is 0. The molecule has 0 bridgehead atoms. The molecule has 3 aromatic heterocycles. The van der Waals surface area contributed by atoms with E-state index in [4.69, 9.17) is 0 Å². The summed E-state index contributed by atoms with van der Waals surface area (Å²) in [5.41, 5.74) is 0.949. The van der Waals surface area contributed by atoms with E-state index in [1.54, 1.807) is 12.3 Å². The maximum atomic E-state index is 12.3. The molecule has 1 amide bonds. The van der Waals surface area contributed by atoms with Gasteiger partial charge in [0.25, 0.3) is 11.5 Å². The minimum absolute atomic E-state index is 0.0335. The second kappa shape index (κ2) is 6.69. The summed E-state index contributed by atoms with van der Waals surface area (Å²) < 4.78 is 3.35. The Labute approximate surface area is 138 Å². The highest BCUT2D eigenvalue weighted by molar-refractivity contribution is 5.93. The Kier molecular flexibility index (Phi) is 4.45. The van der Waals surface area contributed by atoms with Crippen LogP contribution in [-0.2, 0) is 13.0 Å². The monoisotopic (exact) mass is 328 g/mol. The first-order valence-corrected chi connectivity index (χ1v) is 7.95. The highest BCUT2D eigenvalue weighted by Crippen LogP contribution is 2.01. The number of carbonyl (C=O) groups is 1. The number of carbonyl (C=O) groups excluding carboxylic acids is 1. The molecule has 0 aliphatic rings. The molecule has 8 nitrogen and oxygen atoms in total. The Bertz CT molecular complexity index is 920. The lowest BCUT2D eigenvalue weighted by Gasteiger charge is -2.07. The van der Waals surface area contributed by atoms with Crippen molar-refractivity contribution < 1.29 is 4.79 Å². The molecule has 0 atom stereocenters. The van der Waals surface area contributed by atoms with Gasteiger partial charge in [-0.05, 0) is 13.3 Å². The number of rotatable bonds is 6. The van der Waals surface area contributed by atoms with Gasteiger partial charge in [-0.25, -0.2) is 14.5 Å². The fourth-order valence-corrected chi connectivity index (χ4v) is 2.64. The predicted molar refractivity (Wildman–Crippen MR) is 89.1 cm³/mol. The number of aromatic amines is 1. The minimum Gasteiger partial charge on any atom is -0.352 e. The van der Waals surface area contributed by atoms with Crippen LogP contribution in [0.25, 0.3) is 5.65 Å². The van der Waals surface area contributed by atoms with E-state index < -0.39 is 11.5 Å². The van der Waals surface area contributed by atoms with Gasteiger partial charge in [-0.15, -0.1) is 0 Å². The largest absolute Gasteiger partial charge is 0.352 e. The summed E-state index contributed by atoms with van der Waals surface area (Å²) in [5.74, 6) is 0.617. The van der Waals surface area contributed by atoms with Crippen LogP contribution in [0, 0.1) is 6.92 Å². The Balaban J connectivity index is 1.61. The number of hydrogen-bond acceptors (Lipinski definition) is 4. The first kappa shape index (κ1) is 16.0. The van der Waals surface area contributed by atoms with Gasteiger partial charge in [0, 0.05) is 49.9 Å². The molecule has 126 valence electrons. The van der Waals surface area contributed by atoms with Crippen LogP contribution in [0.3, 0.4) is 0 Å². The van der Waals surface area contributed by atoms with Crippen LogP contribution in [0.15, 0.2) is 29.5 Å². The molecule has 0 aliphatic carbocycles. The third-order valence-corrected chi connectivity index (χ3v) is 3.85. The number of imidazole rings is 1. The molecule has 3 heterocycles. The Morgan fingerprint density at radius 1 is 1.38 bits per heavy atom. The third-order valence-electron chi connectivity index (χ3n) is 3.85. The van der Waals surface area contributed by atoms with Gasteiger partial charge >= 0.3 is 0 Å². The highest BCUT2D eigenvalue weighted by Gasteiger charge is 2.13. The first-order valence-electron chi connectivity index (χ1n) is 7.95. The van der Waals surface area contributed by atoms with Crippen molar-refractivity contribution in [1.82, 2.24) is 29.5 Å². The fourth-order valence-electron chi connectivity index (χ4n) is 2.64. The number of fused-ring (bicyclic) bond motifs is 1. The van der Waals surface area contributed by atoms with Gasteiger partial charge in [0.2, 0.25) is 0 Å². The smallest absolute Gasteiger partial charge is 0.285 e. The van der Waals surface area contributed by atoms with E-state index in [1.807, 2.05) is 13.1 Å². The topological polar surface area (TPSA) is 97.1 Å². The summed E-state index contributed by atoms with van der Waals surface area (Å²) in [4.78, 5) is 32.9. The van der Waals surface area contributed by atoms with Gasteiger partial charge in [0.1, 0.15) is 11.4 Å². The normalized spacial score (nSPS) is 11.1. The third kappa shape index (κ3) is 3.08. The van der Waals surface area contributed by atoms with Crippen molar-refractivity contribution in [2.24, 2.45) is 0 Å². The maximum absolute atomic E-state index is 12.3. The van der Waals surface area contributed by atoms with Crippen LogP contribution in [0.2, 0.25) is 0 Å². The minimum atomic E-state index is -0.407. The molecule has 0 unspecified atom stereocenters. The van der Waals surface area contributed by atoms with Gasteiger partial charge in [0.05, 0.1) is 0 Å². The second-order valence-electron chi connectivity index (χ2n) is 5.61. The summed E-state index contributed by atoms with van der Waals surface area (Å²) in [6.07, 6.45) is 6.66. The number of hydrogen-bond donors (Lipinski definition) is 2. The zero-order valence-electron chi connectivity index (χ0n) is 13.7. The van der Waals surface area contributed by atoms with Gasteiger partial charge in [-0.2, -0.15) is 0 Å². The number of aromatic nitrogens is 5. The van der Waals surface area contributed by atoms with E-state index in [2.05, 4.69) is 31.9 Å². The second-order valence-corrected chi connectivity index (χ2v) is 5.61. The maximum Gasteiger partial charge on any atom is 0.285 e. The van der Waals surface area contributed by atoms with Gasteiger partial charge in [0.15, 0.2) is 5.65 Å². The Morgan fingerprint density at radius 3 is 3.00 bits per heavy atom. The summed E-state index contributed by atoms with van der Waals surface area (Å²) in [6, 6.07) is 1.75. The molecule has 3 rings (SSSR count). The molecule has 0 fully saturated rings. The Hall–Kier alpha value is -2.90. The summed E-state index contributed by atoms with van der Waals surface area (Å²) >= 11 is 0. The summed E-state index contributed by atoms with van der Waals surface area (Å²) in [5, 5.41) is 5.64. The van der Waals surface area contributed by atoms with Crippen LogP contribution in [0.1, 0.15) is 35.2 Å². The SMILES string of the molecule is CCc1nccn1CCCNC(=O)c1cnc2cc(C)[nH]n2c1=O. The van der Waals surface area contributed by atoms with Gasteiger partial charge < -0.3 is 9.88 Å². The van der Waals surface area contributed by atoms with Crippen LogP contribution in [0.5, 0.6) is 0 Å². The van der Waals surface area contributed by atoms with E-state index in [0.717, 1.165) is 30.9 Å². The van der Waals surface area contributed by atoms with Crippen molar-refractivity contribution in [3.63, 3.8) is 0 Å². The van der Waals surface area contributed by atoms with Gasteiger partial charge in [-0.1, -0.05) is 6.92 Å². The van der Waals surface area contributed by atoms with Crippen molar-refractivity contribution in [1.29, 1.82) is 0 Å². The van der Waals surface area contributed by atoms with E-state index in [1.165, 1.54) is 10.7 Å². The predicted octanol–water partition coefficient (Wildman–Crippen LogP) is 0.910. The van der Waals surface area contributed by atoms with Crippen molar-refractivity contribution in [3.05, 3.63) is 52.1 Å².